The first-order valence-electron chi connectivity index (χ1n) is 9.51. The Morgan fingerprint density at radius 1 is 1.17 bits per heavy atom. The van der Waals surface area contributed by atoms with Gasteiger partial charge in [0, 0.05) is 17.7 Å². The lowest BCUT2D eigenvalue weighted by Gasteiger charge is -2.29. The number of β-amino-alcohol motifs (C(OH)–C–C–N with tert-alkyl or cyclic N) is 1. The number of carbonyl (C=O) groups is 1. The molecule has 1 aromatic heterocycles. The first-order valence-corrected chi connectivity index (χ1v) is 9.51. The third-order valence-corrected chi connectivity index (χ3v) is 5.26. The average molecular weight is 394 g/mol. The Labute approximate surface area is 168 Å². The van der Waals surface area contributed by atoms with E-state index in [-0.39, 0.29) is 24.3 Å². The molecule has 29 heavy (non-hydrogen) atoms. The van der Waals surface area contributed by atoms with E-state index >= 15 is 0 Å². The van der Waals surface area contributed by atoms with Crippen molar-refractivity contribution >= 4 is 5.91 Å². The van der Waals surface area contributed by atoms with E-state index < -0.39 is 5.60 Å². The molecule has 7 heteroatoms. The molecular weight excluding hydrogens is 371 g/mol. The summed E-state index contributed by atoms with van der Waals surface area (Å²) in [6, 6.07) is 11.6. The number of benzene rings is 2. The third-order valence-electron chi connectivity index (χ3n) is 5.26. The van der Waals surface area contributed by atoms with Crippen LogP contribution in [0.3, 0.4) is 0 Å². The number of hydrogen-bond donors (Lipinski definition) is 1. The predicted molar refractivity (Wildman–Crippen MR) is 107 cm³/mol. The summed E-state index contributed by atoms with van der Waals surface area (Å²) in [7, 11) is 0. The SMILES string of the molecule is Cc1c(-c2ccc3c(c2)C(C)N(CC(C)(C)O)C3=O)nnn1-c1ccc(F)cc1. The van der Waals surface area contributed by atoms with Crippen LogP contribution in [-0.2, 0) is 0 Å². The number of halogens is 1. The maximum absolute atomic E-state index is 13.2. The Balaban J connectivity index is 1.70. The van der Waals surface area contributed by atoms with Gasteiger partial charge in [-0.05, 0) is 69.7 Å². The number of carbonyl (C=O) groups excluding carboxylic acids is 1. The van der Waals surface area contributed by atoms with Crippen molar-refractivity contribution in [2.75, 3.05) is 6.54 Å². The summed E-state index contributed by atoms with van der Waals surface area (Å²) in [6.07, 6.45) is 0. The molecule has 0 saturated carbocycles. The summed E-state index contributed by atoms with van der Waals surface area (Å²) in [6.45, 7) is 7.51. The van der Waals surface area contributed by atoms with Gasteiger partial charge >= 0.3 is 0 Å². The van der Waals surface area contributed by atoms with Gasteiger partial charge in [0.25, 0.3) is 5.91 Å². The molecule has 1 aliphatic rings. The van der Waals surface area contributed by atoms with Gasteiger partial charge in [0.05, 0.1) is 23.0 Å². The molecule has 3 aromatic rings. The Morgan fingerprint density at radius 3 is 2.52 bits per heavy atom. The summed E-state index contributed by atoms with van der Waals surface area (Å²) < 4.78 is 14.9. The topological polar surface area (TPSA) is 71.2 Å². The fourth-order valence-corrected chi connectivity index (χ4v) is 3.80. The van der Waals surface area contributed by atoms with Crippen molar-refractivity contribution in [3.63, 3.8) is 0 Å². The largest absolute Gasteiger partial charge is 0.389 e. The summed E-state index contributed by atoms with van der Waals surface area (Å²) in [4.78, 5) is 14.5. The van der Waals surface area contributed by atoms with Gasteiger partial charge < -0.3 is 10.0 Å². The monoisotopic (exact) mass is 394 g/mol. The Hall–Kier alpha value is -3.06. The number of aliphatic hydroxyl groups is 1. The highest BCUT2D eigenvalue weighted by atomic mass is 19.1. The maximum atomic E-state index is 13.2. The minimum absolute atomic E-state index is 0.0761. The smallest absolute Gasteiger partial charge is 0.254 e. The fourth-order valence-electron chi connectivity index (χ4n) is 3.80. The molecule has 0 aliphatic carbocycles. The van der Waals surface area contributed by atoms with Crippen molar-refractivity contribution < 1.29 is 14.3 Å². The van der Waals surface area contributed by atoms with Gasteiger partial charge in [-0.3, -0.25) is 4.79 Å². The fraction of sp³-hybridized carbons (Fsp3) is 0.318. The lowest BCUT2D eigenvalue weighted by atomic mass is 10.00. The lowest BCUT2D eigenvalue weighted by molar-refractivity contribution is 0.0243. The molecule has 0 saturated heterocycles. The molecule has 1 aliphatic heterocycles. The molecule has 150 valence electrons. The molecule has 0 bridgehead atoms. The first-order chi connectivity index (χ1) is 13.7. The van der Waals surface area contributed by atoms with Crippen LogP contribution in [0.5, 0.6) is 0 Å². The molecule has 1 unspecified atom stereocenters. The highest BCUT2D eigenvalue weighted by Crippen LogP contribution is 2.37. The zero-order chi connectivity index (χ0) is 20.9. The lowest BCUT2D eigenvalue weighted by Crippen LogP contribution is -2.40. The highest BCUT2D eigenvalue weighted by Gasteiger charge is 2.36. The number of hydrogen-bond acceptors (Lipinski definition) is 4. The van der Waals surface area contributed by atoms with Crippen LogP contribution < -0.4 is 0 Å². The summed E-state index contributed by atoms with van der Waals surface area (Å²) >= 11 is 0. The van der Waals surface area contributed by atoms with E-state index in [4.69, 9.17) is 0 Å². The Bertz CT molecular complexity index is 1080. The third kappa shape index (κ3) is 3.42. The standard InChI is InChI=1S/C22H23FN4O2/c1-13-19-11-15(5-10-18(19)21(28)26(13)12-22(3,4)29)20-14(2)27(25-24-20)17-8-6-16(23)7-9-17/h5-11,13,29H,12H2,1-4H3. The van der Waals surface area contributed by atoms with Crippen LogP contribution in [0, 0.1) is 12.7 Å². The van der Waals surface area contributed by atoms with Crippen molar-refractivity contribution in [1.82, 2.24) is 19.9 Å². The second-order valence-corrected chi connectivity index (χ2v) is 8.14. The molecule has 0 radical (unpaired) electrons. The van der Waals surface area contributed by atoms with Gasteiger partial charge in [-0.25, -0.2) is 9.07 Å². The van der Waals surface area contributed by atoms with Gasteiger partial charge in [-0.2, -0.15) is 0 Å². The summed E-state index contributed by atoms with van der Waals surface area (Å²) in [5.41, 5.74) is 3.70. The molecule has 0 spiro atoms. The molecule has 0 fully saturated rings. The quantitative estimate of drug-likeness (QED) is 0.733. The summed E-state index contributed by atoms with van der Waals surface area (Å²) in [5.74, 6) is -0.382. The van der Waals surface area contributed by atoms with Gasteiger partial charge in [0.1, 0.15) is 11.5 Å². The second kappa shape index (κ2) is 6.77. The van der Waals surface area contributed by atoms with Crippen LogP contribution in [0.4, 0.5) is 4.39 Å². The van der Waals surface area contributed by atoms with E-state index in [1.165, 1.54) is 12.1 Å². The van der Waals surface area contributed by atoms with E-state index in [2.05, 4.69) is 10.3 Å². The van der Waals surface area contributed by atoms with Crippen molar-refractivity contribution in [1.29, 1.82) is 0 Å². The number of amides is 1. The van der Waals surface area contributed by atoms with E-state index in [1.54, 1.807) is 35.6 Å². The van der Waals surface area contributed by atoms with Crippen molar-refractivity contribution in [2.24, 2.45) is 0 Å². The molecule has 6 nitrogen and oxygen atoms in total. The normalized spacial score (nSPS) is 16.4. The average Bonchev–Trinajstić information content (AvgIpc) is 3.15. The second-order valence-electron chi connectivity index (χ2n) is 8.14. The number of fused-ring (bicyclic) bond motifs is 1. The van der Waals surface area contributed by atoms with Crippen LogP contribution in [0.2, 0.25) is 0 Å². The van der Waals surface area contributed by atoms with Crippen molar-refractivity contribution in [3.05, 3.63) is 65.1 Å². The molecular formula is C22H23FN4O2. The van der Waals surface area contributed by atoms with E-state index in [0.717, 1.165) is 22.5 Å². The van der Waals surface area contributed by atoms with Crippen molar-refractivity contribution in [3.8, 4) is 16.9 Å². The Morgan fingerprint density at radius 2 is 1.86 bits per heavy atom. The molecule has 1 atom stereocenters. The van der Waals surface area contributed by atoms with Gasteiger partial charge in [0.15, 0.2) is 0 Å². The molecule has 4 rings (SSSR count). The molecule has 2 aromatic carbocycles. The van der Waals surface area contributed by atoms with Crippen LogP contribution in [0.1, 0.15) is 48.4 Å². The van der Waals surface area contributed by atoms with Gasteiger partial charge in [-0.1, -0.05) is 11.3 Å². The number of aromatic nitrogens is 3. The van der Waals surface area contributed by atoms with Crippen LogP contribution in [-0.4, -0.2) is 43.1 Å². The highest BCUT2D eigenvalue weighted by molar-refractivity contribution is 5.99. The zero-order valence-electron chi connectivity index (χ0n) is 16.8. The van der Waals surface area contributed by atoms with E-state index in [9.17, 15) is 14.3 Å². The van der Waals surface area contributed by atoms with Crippen LogP contribution in [0.25, 0.3) is 16.9 Å². The maximum Gasteiger partial charge on any atom is 0.254 e. The minimum atomic E-state index is -0.969. The molecule has 1 amide bonds. The van der Waals surface area contributed by atoms with Gasteiger partial charge in [0.2, 0.25) is 0 Å². The number of nitrogens with zero attached hydrogens (tertiary/aromatic N) is 4. The number of rotatable bonds is 4. The van der Waals surface area contributed by atoms with Gasteiger partial charge in [-0.15, -0.1) is 5.10 Å². The van der Waals surface area contributed by atoms with E-state index in [0.29, 0.717) is 11.3 Å². The molecule has 2 heterocycles. The first kappa shape index (κ1) is 19.3. The summed E-state index contributed by atoms with van der Waals surface area (Å²) in [5, 5.41) is 18.7. The Kier molecular flexibility index (Phi) is 4.50. The predicted octanol–water partition coefficient (Wildman–Crippen LogP) is 3.67. The molecule has 1 N–H and O–H groups in total. The van der Waals surface area contributed by atoms with Crippen molar-refractivity contribution in [2.45, 2.75) is 39.3 Å². The van der Waals surface area contributed by atoms with Crippen LogP contribution in [0.15, 0.2) is 42.5 Å². The minimum Gasteiger partial charge on any atom is -0.389 e. The van der Waals surface area contributed by atoms with Crippen LogP contribution >= 0.6 is 0 Å². The van der Waals surface area contributed by atoms with E-state index in [1.807, 2.05) is 32.0 Å². The zero-order valence-corrected chi connectivity index (χ0v) is 16.8.